The quantitative estimate of drug-likeness (QED) is 0.176. The van der Waals surface area contributed by atoms with Gasteiger partial charge < -0.3 is 24.6 Å². The number of fused-ring (bicyclic) bond motifs is 3. The van der Waals surface area contributed by atoms with Gasteiger partial charge in [0.05, 0.1) is 25.3 Å². The summed E-state index contributed by atoms with van der Waals surface area (Å²) < 4.78 is 52.0. The van der Waals surface area contributed by atoms with E-state index in [2.05, 4.69) is 10.6 Å². The van der Waals surface area contributed by atoms with Crippen LogP contribution >= 0.6 is 8.38 Å². The normalized spacial score (nSPS) is 21.8. The first kappa shape index (κ1) is 33.6. The number of carbonyl (C=O) groups is 2. The van der Waals surface area contributed by atoms with Gasteiger partial charge in [0.2, 0.25) is 11.8 Å². The molecule has 0 saturated carbocycles. The maximum atomic E-state index is 13.7. The van der Waals surface area contributed by atoms with Crippen molar-refractivity contribution in [1.82, 2.24) is 15.5 Å². The summed E-state index contributed by atoms with van der Waals surface area (Å²) >= 11 is 0. The second-order valence-electron chi connectivity index (χ2n) is 12.5. The van der Waals surface area contributed by atoms with E-state index in [-0.39, 0.29) is 18.0 Å². The Morgan fingerprint density at radius 3 is 2.15 bits per heavy atom. The van der Waals surface area contributed by atoms with Crippen molar-refractivity contribution in [3.63, 3.8) is 0 Å². The summed E-state index contributed by atoms with van der Waals surface area (Å²) in [6.07, 6.45) is 0.632. The number of benzene rings is 3. The summed E-state index contributed by atoms with van der Waals surface area (Å²) in [5.74, 6) is -0.565. The highest BCUT2D eigenvalue weighted by Crippen LogP contribution is 2.52. The molecule has 3 aromatic carbocycles. The van der Waals surface area contributed by atoms with Crippen LogP contribution in [0.25, 0.3) is 11.1 Å². The van der Waals surface area contributed by atoms with Gasteiger partial charge in [-0.25, -0.2) is 0 Å². The summed E-state index contributed by atoms with van der Waals surface area (Å²) in [6.45, 7) is 0.686. The lowest BCUT2D eigenvalue weighted by atomic mass is 9.73. The van der Waals surface area contributed by atoms with E-state index in [4.69, 9.17) is 9.05 Å². The molecule has 0 spiro atoms. The van der Waals surface area contributed by atoms with E-state index in [1.807, 2.05) is 83.8 Å². The first-order valence-corrected chi connectivity index (χ1v) is 17.8. The summed E-state index contributed by atoms with van der Waals surface area (Å²) in [5.41, 5.74) is 3.03. The number of piperidine rings is 1. The molecule has 0 bridgehead atoms. The largest absolute Gasteiger partial charge is 0.405 e. The highest BCUT2D eigenvalue weighted by Gasteiger charge is 2.49. The Hall–Kier alpha value is -3.30. The number of hydrogen-bond acceptors (Lipinski definition) is 5. The fraction of sp³-hybridized carbons (Fsp3) is 0.444. The van der Waals surface area contributed by atoms with Crippen molar-refractivity contribution in [3.05, 3.63) is 95.6 Å². The number of alkyl halides is 3. The minimum atomic E-state index is -4.52. The highest BCUT2D eigenvalue weighted by atomic mass is 31.2. The second kappa shape index (κ2) is 14.9. The van der Waals surface area contributed by atoms with Crippen LogP contribution in [0.1, 0.15) is 55.2 Å². The van der Waals surface area contributed by atoms with Gasteiger partial charge in [0.25, 0.3) is 0 Å². The van der Waals surface area contributed by atoms with Crippen LogP contribution in [0.3, 0.4) is 0 Å². The minimum absolute atomic E-state index is 0.0724. The van der Waals surface area contributed by atoms with Gasteiger partial charge in [0, 0.05) is 12.7 Å². The number of amides is 2. The van der Waals surface area contributed by atoms with E-state index >= 15 is 0 Å². The first-order valence-electron chi connectivity index (χ1n) is 16.4. The molecule has 1 aliphatic carbocycles. The number of halogens is 3. The summed E-state index contributed by atoms with van der Waals surface area (Å²) in [6, 6.07) is 24.5. The van der Waals surface area contributed by atoms with E-state index in [0.717, 1.165) is 53.6 Å². The zero-order valence-corrected chi connectivity index (χ0v) is 27.2. The van der Waals surface area contributed by atoms with Crippen LogP contribution in [0.15, 0.2) is 78.9 Å². The molecule has 2 N–H and O–H groups in total. The smallest absolute Gasteiger partial charge is 0.346 e. The fourth-order valence-corrected chi connectivity index (χ4v) is 8.57. The van der Waals surface area contributed by atoms with Crippen LogP contribution < -0.4 is 10.6 Å². The van der Waals surface area contributed by atoms with Gasteiger partial charge in [0.15, 0.2) is 8.38 Å². The Morgan fingerprint density at radius 1 is 0.894 bits per heavy atom. The summed E-state index contributed by atoms with van der Waals surface area (Å²) in [5, 5.41) is 5.57. The predicted octanol–water partition coefficient (Wildman–Crippen LogP) is 6.70. The van der Waals surface area contributed by atoms with Gasteiger partial charge in [-0.15, -0.1) is 0 Å². The molecule has 0 radical (unpaired) electrons. The van der Waals surface area contributed by atoms with E-state index in [9.17, 15) is 22.8 Å². The molecule has 1 atom stereocenters. The van der Waals surface area contributed by atoms with Crippen LogP contribution in [0.2, 0.25) is 0 Å². The first-order chi connectivity index (χ1) is 22.8. The van der Waals surface area contributed by atoms with Gasteiger partial charge in [0.1, 0.15) is 12.0 Å². The molecule has 3 aromatic rings. The molecule has 250 valence electrons. The van der Waals surface area contributed by atoms with Gasteiger partial charge >= 0.3 is 6.18 Å². The molecule has 7 nitrogen and oxygen atoms in total. The van der Waals surface area contributed by atoms with Crippen LogP contribution in [0.4, 0.5) is 13.2 Å². The third-order valence-electron chi connectivity index (χ3n) is 9.39. The molecule has 2 fully saturated rings. The average molecular weight is 668 g/mol. The standard InChI is InChI=1S/C36H41F3N3O4P/c37-36(38,39)25-41-34(44)35(30-16-6-4-14-28(30)29-15-5-7-17-31(29)35)19-9-11-21-47-45-23-27(24-46-47)42(22-26-12-2-1-3-13-26)33(43)32-18-8-10-20-40-32/h1-7,12-17,27,32,40H,8-11,18-25H2,(H,41,44)/t27-,32?,47-. The molecule has 0 aromatic heterocycles. The van der Waals surface area contributed by atoms with Crippen LogP contribution in [0, 0.1) is 0 Å². The van der Waals surface area contributed by atoms with Crippen molar-refractivity contribution in [2.75, 3.05) is 32.5 Å². The highest BCUT2D eigenvalue weighted by molar-refractivity contribution is 7.47. The van der Waals surface area contributed by atoms with E-state index < -0.39 is 32.4 Å². The topological polar surface area (TPSA) is 79.9 Å². The number of rotatable bonds is 11. The maximum Gasteiger partial charge on any atom is 0.405 e. The fourth-order valence-electron chi connectivity index (χ4n) is 7.08. The molecule has 6 rings (SSSR count). The lowest BCUT2D eigenvalue weighted by molar-refractivity contribution is -0.141. The summed E-state index contributed by atoms with van der Waals surface area (Å²) in [4.78, 5) is 29.3. The molecule has 2 amide bonds. The number of nitrogens with one attached hydrogen (secondary N) is 2. The zero-order valence-electron chi connectivity index (χ0n) is 26.3. The molecular weight excluding hydrogens is 626 g/mol. The second-order valence-corrected chi connectivity index (χ2v) is 14.1. The Kier molecular flexibility index (Phi) is 10.6. The van der Waals surface area contributed by atoms with Gasteiger partial charge in [-0.05, 0) is 60.0 Å². The third-order valence-corrected chi connectivity index (χ3v) is 10.9. The van der Waals surface area contributed by atoms with Crippen LogP contribution in [-0.4, -0.2) is 67.4 Å². The lowest BCUT2D eigenvalue weighted by Gasteiger charge is -2.39. The SMILES string of the molecule is O=C(C1CCCCN1)N(Cc1ccccc1)[C@H]1CO[P@](CCCCC2(C(=O)NCC(F)(F)F)c3ccccc3-c3ccccc32)OC1. The van der Waals surface area contributed by atoms with Crippen molar-refractivity contribution in [3.8, 4) is 11.1 Å². The van der Waals surface area contributed by atoms with Gasteiger partial charge in [-0.2, -0.15) is 13.2 Å². The van der Waals surface area contributed by atoms with Crippen LogP contribution in [0.5, 0.6) is 0 Å². The third kappa shape index (κ3) is 7.56. The molecule has 47 heavy (non-hydrogen) atoms. The Morgan fingerprint density at radius 2 is 1.53 bits per heavy atom. The molecule has 11 heteroatoms. The number of unbranched alkanes of at least 4 members (excludes halogenated alkanes) is 1. The Labute approximate surface area is 275 Å². The lowest BCUT2D eigenvalue weighted by Crippen LogP contribution is -2.54. The van der Waals surface area contributed by atoms with Crippen molar-refractivity contribution in [2.24, 2.45) is 0 Å². The van der Waals surface area contributed by atoms with Crippen molar-refractivity contribution >= 4 is 20.2 Å². The Bertz CT molecular complexity index is 1480. The number of nitrogens with zero attached hydrogens (tertiary/aromatic N) is 1. The van der Waals surface area contributed by atoms with Gasteiger partial charge in [-0.1, -0.05) is 91.7 Å². The monoisotopic (exact) mass is 667 g/mol. The maximum absolute atomic E-state index is 13.7. The molecule has 3 aliphatic rings. The number of carbonyl (C=O) groups excluding carboxylic acids is 2. The van der Waals surface area contributed by atoms with Crippen molar-refractivity contribution in [2.45, 2.75) is 68.7 Å². The molecular formula is C36H41F3N3O4P. The van der Waals surface area contributed by atoms with E-state index in [1.54, 1.807) is 0 Å². The average Bonchev–Trinajstić information content (AvgIpc) is 3.39. The summed E-state index contributed by atoms with van der Waals surface area (Å²) in [7, 11) is -1.20. The predicted molar refractivity (Wildman–Crippen MR) is 176 cm³/mol. The number of hydrogen-bond donors (Lipinski definition) is 2. The zero-order chi connectivity index (χ0) is 32.9. The minimum Gasteiger partial charge on any atom is -0.346 e. The molecule has 2 aliphatic heterocycles. The van der Waals surface area contributed by atoms with E-state index in [0.29, 0.717) is 45.2 Å². The molecule has 2 saturated heterocycles. The van der Waals surface area contributed by atoms with Crippen LogP contribution in [-0.2, 0) is 30.6 Å². The molecule has 1 unspecified atom stereocenters. The van der Waals surface area contributed by atoms with Crippen molar-refractivity contribution in [1.29, 1.82) is 0 Å². The van der Waals surface area contributed by atoms with Gasteiger partial charge in [-0.3, -0.25) is 9.59 Å². The van der Waals surface area contributed by atoms with E-state index in [1.165, 1.54) is 0 Å². The van der Waals surface area contributed by atoms with Crippen molar-refractivity contribution < 1.29 is 31.8 Å². The molecule has 2 heterocycles. The Balaban J connectivity index is 1.10.